The van der Waals surface area contributed by atoms with Crippen LogP contribution in [0.25, 0.3) is 0 Å². The van der Waals surface area contributed by atoms with Gasteiger partial charge < -0.3 is 0 Å². The molecular formula is C9H14O2. The van der Waals surface area contributed by atoms with Crippen LogP contribution in [0.5, 0.6) is 0 Å². The quantitative estimate of drug-likeness (QED) is 0.436. The molecule has 0 rings (SSSR count). The molecule has 2 heteroatoms. The van der Waals surface area contributed by atoms with E-state index < -0.39 is 24.3 Å². The second kappa shape index (κ2) is 7.19. The van der Waals surface area contributed by atoms with Gasteiger partial charge in [0, 0.05) is 7.77 Å². The van der Waals surface area contributed by atoms with Gasteiger partial charge in [-0.2, -0.15) is 0 Å². The molecule has 0 radical (unpaired) electrons. The van der Waals surface area contributed by atoms with Gasteiger partial charge in [0.25, 0.3) is 0 Å². The molecule has 0 fully saturated rings. The molecular weight excluding hydrogens is 140 g/mol. The van der Waals surface area contributed by atoms with Crippen molar-refractivity contribution in [1.82, 2.24) is 0 Å². The van der Waals surface area contributed by atoms with Crippen molar-refractivity contribution in [3.05, 3.63) is 12.1 Å². The predicted octanol–water partition coefficient (Wildman–Crippen LogP) is 1.89. The van der Waals surface area contributed by atoms with E-state index in [1.54, 1.807) is 0 Å². The molecule has 0 aromatic carbocycles. The van der Waals surface area contributed by atoms with Gasteiger partial charge in [0.15, 0.2) is 5.78 Å². The number of hydrogen-bond donors (Lipinski definition) is 0. The Balaban J connectivity index is 4.39. The normalized spacial score (nSPS) is 18.8. The first kappa shape index (κ1) is 5.70. The van der Waals surface area contributed by atoms with Crippen molar-refractivity contribution >= 4 is 12.1 Å². The molecule has 0 aliphatic rings. The van der Waals surface area contributed by atoms with Crippen molar-refractivity contribution in [2.75, 3.05) is 0 Å². The summed E-state index contributed by atoms with van der Waals surface area (Å²) in [6.45, 7) is 1.94. The molecule has 0 saturated carbocycles. The first-order valence-electron chi connectivity index (χ1n) is 5.21. The fraction of sp³-hybridized carbons (Fsp3) is 0.556. The molecule has 0 aromatic rings. The average molecular weight is 157 g/mol. The number of unbranched alkanes of at least 4 members (excludes halogenated alkanes) is 1. The molecule has 1 unspecified atom stereocenters. The second-order valence-corrected chi connectivity index (χ2v) is 2.10. The van der Waals surface area contributed by atoms with Gasteiger partial charge in [0.05, 0.1) is 2.74 Å². The Labute approximate surface area is 71.5 Å². The lowest BCUT2D eigenvalue weighted by molar-refractivity contribution is -0.115. The number of hydrogen-bond acceptors (Lipinski definition) is 2. The van der Waals surface area contributed by atoms with E-state index in [2.05, 4.69) is 0 Å². The molecule has 0 aliphatic heterocycles. The number of carbonyl (C=O) groups excluding carboxylic acids is 2. The highest BCUT2D eigenvalue weighted by molar-refractivity contribution is 5.92. The number of rotatable bonds is 6. The fourth-order valence-electron chi connectivity index (χ4n) is 0.589. The van der Waals surface area contributed by atoms with Crippen LogP contribution in [0.2, 0.25) is 0 Å². The van der Waals surface area contributed by atoms with Crippen molar-refractivity contribution in [2.24, 2.45) is 0 Å². The third-order valence-electron chi connectivity index (χ3n) is 1.14. The molecule has 0 spiro atoms. The number of carbonyl (C=O) groups is 2. The Morgan fingerprint density at radius 3 is 2.91 bits per heavy atom. The van der Waals surface area contributed by atoms with Gasteiger partial charge in [-0.05, 0) is 18.5 Å². The van der Waals surface area contributed by atoms with E-state index in [4.69, 9.17) is 4.11 Å². The van der Waals surface area contributed by atoms with Gasteiger partial charge in [-0.25, -0.2) is 0 Å². The lowest BCUT2D eigenvalue weighted by Gasteiger charge is -1.92. The summed E-state index contributed by atoms with van der Waals surface area (Å²) in [4.78, 5) is 21.3. The third-order valence-corrected chi connectivity index (χ3v) is 1.14. The number of ketones is 1. The Morgan fingerprint density at radius 1 is 1.64 bits per heavy atom. The average Bonchev–Trinajstić information content (AvgIpc) is 2.22. The molecule has 1 atom stereocenters. The van der Waals surface area contributed by atoms with E-state index in [-0.39, 0.29) is 6.29 Å². The van der Waals surface area contributed by atoms with Gasteiger partial charge in [0.2, 0.25) is 0 Å². The van der Waals surface area contributed by atoms with Crippen LogP contribution in [0.3, 0.4) is 0 Å². The molecule has 0 aromatic heterocycles. The summed E-state index contributed by atoms with van der Waals surface area (Å²) in [5.41, 5.74) is 0. The van der Waals surface area contributed by atoms with E-state index in [1.165, 1.54) is 0 Å². The minimum Gasteiger partial charge on any atom is -0.299 e. The third kappa shape index (κ3) is 6.97. The molecule has 0 amide bonds. The van der Waals surface area contributed by atoms with Crippen LogP contribution < -0.4 is 0 Å². The highest BCUT2D eigenvalue weighted by Gasteiger charge is 1.94. The number of allylic oxidation sites excluding steroid dienone is 2. The maximum absolute atomic E-state index is 11.2. The van der Waals surface area contributed by atoms with E-state index >= 15 is 0 Å². The summed E-state index contributed by atoms with van der Waals surface area (Å²) in [5, 5.41) is 0. The lowest BCUT2D eigenvalue weighted by atomic mass is 10.1. The minimum absolute atomic E-state index is 0.146. The molecule has 0 saturated heterocycles. The molecule has 0 heterocycles. The Morgan fingerprint density at radius 2 is 2.36 bits per heavy atom. The summed E-state index contributed by atoms with van der Waals surface area (Å²) in [7, 11) is 0. The zero-order valence-corrected chi connectivity index (χ0v) is 6.59. The summed E-state index contributed by atoms with van der Waals surface area (Å²) in [6.07, 6.45) is 1.13. The Bertz CT molecular complexity index is 248. The van der Waals surface area contributed by atoms with E-state index in [9.17, 15) is 9.59 Å². The Hall–Kier alpha value is -0.920. The topological polar surface area (TPSA) is 34.1 Å². The van der Waals surface area contributed by atoms with Crippen LogP contribution in [0.4, 0.5) is 0 Å². The first-order valence-corrected chi connectivity index (χ1v) is 3.63. The molecule has 0 aliphatic carbocycles. The number of aldehydes is 1. The summed E-state index contributed by atoms with van der Waals surface area (Å²) < 4.78 is 21.5. The van der Waals surface area contributed by atoms with Crippen LogP contribution in [0.15, 0.2) is 12.1 Å². The fourth-order valence-corrected chi connectivity index (χ4v) is 0.589. The van der Waals surface area contributed by atoms with Crippen LogP contribution >= 0.6 is 0 Å². The second-order valence-electron chi connectivity index (χ2n) is 2.10. The van der Waals surface area contributed by atoms with Crippen molar-refractivity contribution in [1.29, 1.82) is 0 Å². The largest absolute Gasteiger partial charge is 0.299 e. The molecule has 11 heavy (non-hydrogen) atoms. The molecule has 62 valence electrons. The van der Waals surface area contributed by atoms with Crippen LogP contribution in [0.1, 0.15) is 36.7 Å². The maximum Gasteiger partial charge on any atom is 0.155 e. The zero-order valence-electron chi connectivity index (χ0n) is 9.59. The van der Waals surface area contributed by atoms with Crippen molar-refractivity contribution < 1.29 is 13.7 Å². The van der Waals surface area contributed by atoms with Gasteiger partial charge in [0.1, 0.15) is 6.29 Å². The molecule has 2 nitrogen and oxygen atoms in total. The first-order chi connectivity index (χ1) is 6.54. The smallest absolute Gasteiger partial charge is 0.155 e. The predicted molar refractivity (Wildman–Crippen MR) is 44.4 cm³/mol. The standard InChI is InChI=1S/C9H14O2/c1-2-3-4-6-9(11)7-5-8-10/h5,7-8H,2-4,6H2,1H3/i5D,6D,7D. The summed E-state index contributed by atoms with van der Waals surface area (Å²) in [6, 6.07) is -1.31. The molecule has 0 bridgehead atoms. The van der Waals surface area contributed by atoms with Gasteiger partial charge >= 0.3 is 0 Å². The maximum atomic E-state index is 11.2. The van der Waals surface area contributed by atoms with E-state index in [0.29, 0.717) is 6.42 Å². The monoisotopic (exact) mass is 157 g/mol. The zero-order chi connectivity index (χ0) is 11.1. The summed E-state index contributed by atoms with van der Waals surface area (Å²) >= 11 is 0. The van der Waals surface area contributed by atoms with Crippen LogP contribution in [0, 0.1) is 0 Å². The highest BCUT2D eigenvalue weighted by Crippen LogP contribution is 1.99. The van der Waals surface area contributed by atoms with Gasteiger partial charge in [-0.15, -0.1) is 0 Å². The Kier molecular flexibility index (Phi) is 3.72. The van der Waals surface area contributed by atoms with Gasteiger partial charge in [-0.1, -0.05) is 19.8 Å². The van der Waals surface area contributed by atoms with Crippen molar-refractivity contribution in [3.8, 4) is 0 Å². The van der Waals surface area contributed by atoms with Crippen LogP contribution in [-0.2, 0) is 9.59 Å². The molecule has 0 N–H and O–H groups in total. The van der Waals surface area contributed by atoms with Crippen molar-refractivity contribution in [2.45, 2.75) is 32.6 Å². The van der Waals surface area contributed by atoms with Crippen LogP contribution in [-0.4, -0.2) is 12.1 Å². The van der Waals surface area contributed by atoms with E-state index in [0.717, 1.165) is 12.8 Å². The van der Waals surface area contributed by atoms with Crippen molar-refractivity contribution in [3.63, 3.8) is 0 Å². The van der Waals surface area contributed by atoms with Gasteiger partial charge in [-0.3, -0.25) is 9.59 Å². The summed E-state index contributed by atoms with van der Waals surface area (Å²) in [5.74, 6) is -0.740. The highest BCUT2D eigenvalue weighted by atomic mass is 16.1. The van der Waals surface area contributed by atoms with E-state index in [1.807, 2.05) is 6.92 Å². The minimum atomic E-state index is -1.01. The lowest BCUT2D eigenvalue weighted by Crippen LogP contribution is -1.91. The SMILES string of the molecule is [2H]C(C=O)=C([2H])C(=O)C([2H])CCCC.